The van der Waals surface area contributed by atoms with E-state index in [-0.39, 0.29) is 0 Å². The van der Waals surface area contributed by atoms with Crippen LogP contribution in [0.15, 0.2) is 24.4 Å². The number of aryl methyl sites for hydroxylation is 1. The van der Waals surface area contributed by atoms with E-state index in [1.54, 1.807) is 11.3 Å². The highest BCUT2D eigenvalue weighted by atomic mass is 35.5. The summed E-state index contributed by atoms with van der Waals surface area (Å²) in [6.07, 6.45) is 3.75. The monoisotopic (exact) mass is 267 g/mol. The van der Waals surface area contributed by atoms with Crippen LogP contribution in [0.25, 0.3) is 10.6 Å². The summed E-state index contributed by atoms with van der Waals surface area (Å²) >= 11 is 7.46. The van der Waals surface area contributed by atoms with Gasteiger partial charge < -0.3 is 5.32 Å². The van der Waals surface area contributed by atoms with Gasteiger partial charge in [-0.05, 0) is 38.2 Å². The Hall–Kier alpha value is -0.970. The van der Waals surface area contributed by atoms with Crippen molar-refractivity contribution in [3.63, 3.8) is 0 Å². The fraction of sp³-hybridized carbons (Fsp3) is 0.333. The van der Waals surface area contributed by atoms with Crippen molar-refractivity contribution in [2.45, 2.75) is 12.8 Å². The van der Waals surface area contributed by atoms with Crippen molar-refractivity contribution in [1.82, 2.24) is 15.3 Å². The van der Waals surface area contributed by atoms with Gasteiger partial charge in [-0.3, -0.25) is 0 Å². The van der Waals surface area contributed by atoms with Crippen LogP contribution in [0.5, 0.6) is 0 Å². The van der Waals surface area contributed by atoms with Crippen LogP contribution < -0.4 is 5.32 Å². The second-order valence-corrected chi connectivity index (χ2v) is 5.38. The first-order valence-electron chi connectivity index (χ1n) is 5.52. The second kappa shape index (κ2) is 6.10. The second-order valence-electron chi connectivity index (χ2n) is 3.67. The molecule has 0 aliphatic carbocycles. The lowest BCUT2D eigenvalue weighted by atomic mass is 10.2. The molecule has 90 valence electrons. The quantitative estimate of drug-likeness (QED) is 0.847. The Kier molecular flexibility index (Phi) is 4.48. The van der Waals surface area contributed by atoms with Crippen molar-refractivity contribution < 1.29 is 0 Å². The van der Waals surface area contributed by atoms with E-state index >= 15 is 0 Å². The van der Waals surface area contributed by atoms with Crippen molar-refractivity contribution in [3.8, 4) is 10.6 Å². The largest absolute Gasteiger partial charge is 0.320 e. The van der Waals surface area contributed by atoms with Gasteiger partial charge in [-0.15, -0.1) is 11.3 Å². The summed E-state index contributed by atoms with van der Waals surface area (Å²) in [6.45, 7) is 0.985. The van der Waals surface area contributed by atoms with Crippen LogP contribution in [0.2, 0.25) is 4.34 Å². The van der Waals surface area contributed by atoms with Gasteiger partial charge >= 0.3 is 0 Å². The number of nitrogens with one attached hydrogen (secondary N) is 1. The number of rotatable bonds is 5. The molecule has 0 aromatic carbocycles. The van der Waals surface area contributed by atoms with Crippen molar-refractivity contribution in [3.05, 3.63) is 34.6 Å². The van der Waals surface area contributed by atoms with Crippen LogP contribution in [-0.2, 0) is 6.42 Å². The molecule has 3 nitrogen and oxygen atoms in total. The summed E-state index contributed by atoms with van der Waals surface area (Å²) in [4.78, 5) is 9.91. The Balaban J connectivity index is 2.11. The Labute approximate surface area is 110 Å². The minimum Gasteiger partial charge on any atom is -0.320 e. The number of halogens is 1. The predicted molar refractivity (Wildman–Crippen MR) is 72.6 cm³/mol. The first-order chi connectivity index (χ1) is 8.29. The zero-order valence-corrected chi connectivity index (χ0v) is 11.2. The highest BCUT2D eigenvalue weighted by Gasteiger charge is 2.04. The standard InChI is InChI=1S/C12H14ClN3S/c1-14-7-2-3-12-15-8-6-9(16-12)10-4-5-11(13)17-10/h4-6,8,14H,2-3,7H2,1H3. The first-order valence-corrected chi connectivity index (χ1v) is 6.71. The van der Waals surface area contributed by atoms with Gasteiger partial charge in [0.2, 0.25) is 0 Å². The molecule has 0 aliphatic rings. The fourth-order valence-electron chi connectivity index (χ4n) is 1.53. The Bertz CT molecular complexity index is 484. The van der Waals surface area contributed by atoms with Gasteiger partial charge in [0, 0.05) is 12.6 Å². The van der Waals surface area contributed by atoms with E-state index in [0.717, 1.165) is 40.1 Å². The molecular formula is C12H14ClN3S. The van der Waals surface area contributed by atoms with Gasteiger partial charge in [0.05, 0.1) is 14.9 Å². The molecule has 0 amide bonds. The zero-order valence-electron chi connectivity index (χ0n) is 9.61. The van der Waals surface area contributed by atoms with Crippen molar-refractivity contribution in [1.29, 1.82) is 0 Å². The molecule has 1 N–H and O–H groups in total. The molecular weight excluding hydrogens is 254 g/mol. The number of aromatic nitrogens is 2. The van der Waals surface area contributed by atoms with Crippen LogP contribution in [0.1, 0.15) is 12.2 Å². The van der Waals surface area contributed by atoms with Crippen molar-refractivity contribution in [2.75, 3.05) is 13.6 Å². The molecule has 17 heavy (non-hydrogen) atoms. The summed E-state index contributed by atoms with van der Waals surface area (Å²) in [5.74, 6) is 0.891. The maximum atomic E-state index is 5.92. The molecule has 0 unspecified atom stereocenters. The molecule has 0 atom stereocenters. The Morgan fingerprint density at radius 3 is 2.94 bits per heavy atom. The number of hydrogen-bond acceptors (Lipinski definition) is 4. The SMILES string of the molecule is CNCCCc1nccc(-c2ccc(Cl)s2)n1. The van der Waals surface area contributed by atoms with E-state index in [9.17, 15) is 0 Å². The molecule has 0 aliphatic heterocycles. The number of thiophene rings is 1. The third kappa shape index (κ3) is 3.49. The van der Waals surface area contributed by atoms with Crippen LogP contribution in [-0.4, -0.2) is 23.6 Å². The van der Waals surface area contributed by atoms with Gasteiger partial charge in [-0.2, -0.15) is 0 Å². The van der Waals surface area contributed by atoms with Crippen LogP contribution in [0.4, 0.5) is 0 Å². The summed E-state index contributed by atoms with van der Waals surface area (Å²) in [5.41, 5.74) is 0.955. The molecule has 0 fully saturated rings. The molecule has 0 spiro atoms. The minimum absolute atomic E-state index is 0.787. The summed E-state index contributed by atoms with van der Waals surface area (Å²) in [7, 11) is 1.95. The summed E-state index contributed by atoms with van der Waals surface area (Å²) in [6, 6.07) is 5.81. The van der Waals surface area contributed by atoms with Gasteiger partial charge in [0.25, 0.3) is 0 Å². The van der Waals surface area contributed by atoms with Gasteiger partial charge in [-0.1, -0.05) is 11.6 Å². The van der Waals surface area contributed by atoms with E-state index in [1.165, 1.54) is 0 Å². The van der Waals surface area contributed by atoms with E-state index in [2.05, 4.69) is 15.3 Å². The third-order valence-corrected chi connectivity index (χ3v) is 3.61. The van der Waals surface area contributed by atoms with Gasteiger partial charge in [0.1, 0.15) is 5.82 Å². The number of hydrogen-bond donors (Lipinski definition) is 1. The molecule has 0 saturated carbocycles. The third-order valence-electron chi connectivity index (χ3n) is 2.36. The maximum absolute atomic E-state index is 5.92. The molecule has 0 bridgehead atoms. The van der Waals surface area contributed by atoms with Crippen molar-refractivity contribution >= 4 is 22.9 Å². The Morgan fingerprint density at radius 1 is 1.35 bits per heavy atom. The highest BCUT2D eigenvalue weighted by molar-refractivity contribution is 7.19. The van der Waals surface area contributed by atoms with Gasteiger partial charge in [0.15, 0.2) is 0 Å². The van der Waals surface area contributed by atoms with E-state index in [0.29, 0.717) is 0 Å². The van der Waals surface area contributed by atoms with E-state index < -0.39 is 0 Å². The van der Waals surface area contributed by atoms with Crippen LogP contribution in [0.3, 0.4) is 0 Å². The molecule has 2 rings (SSSR count). The van der Waals surface area contributed by atoms with Crippen LogP contribution >= 0.6 is 22.9 Å². The zero-order chi connectivity index (χ0) is 12.1. The fourth-order valence-corrected chi connectivity index (χ4v) is 2.54. The lowest BCUT2D eigenvalue weighted by Crippen LogP contribution is -2.09. The molecule has 5 heteroatoms. The Morgan fingerprint density at radius 2 is 2.24 bits per heavy atom. The molecule has 0 radical (unpaired) electrons. The summed E-state index contributed by atoms with van der Waals surface area (Å²) in [5, 5.41) is 3.12. The van der Waals surface area contributed by atoms with Crippen molar-refractivity contribution in [2.24, 2.45) is 0 Å². The smallest absolute Gasteiger partial charge is 0.129 e. The minimum atomic E-state index is 0.787. The average Bonchev–Trinajstić information content (AvgIpc) is 2.77. The highest BCUT2D eigenvalue weighted by Crippen LogP contribution is 2.29. The first kappa shape index (κ1) is 12.5. The number of nitrogens with zero attached hydrogens (tertiary/aromatic N) is 2. The molecule has 0 saturated heterocycles. The maximum Gasteiger partial charge on any atom is 0.129 e. The topological polar surface area (TPSA) is 37.8 Å². The molecule has 2 heterocycles. The lowest BCUT2D eigenvalue weighted by molar-refractivity contribution is 0.703. The normalized spacial score (nSPS) is 10.7. The lowest BCUT2D eigenvalue weighted by Gasteiger charge is -2.02. The summed E-state index contributed by atoms with van der Waals surface area (Å²) < 4.78 is 0.787. The van der Waals surface area contributed by atoms with Gasteiger partial charge in [-0.25, -0.2) is 9.97 Å². The molecule has 2 aromatic rings. The average molecular weight is 268 g/mol. The van der Waals surface area contributed by atoms with Crippen LogP contribution in [0, 0.1) is 0 Å². The van der Waals surface area contributed by atoms with E-state index in [4.69, 9.17) is 11.6 Å². The molecule has 2 aromatic heterocycles. The predicted octanol–water partition coefficient (Wildman–Crippen LogP) is 3.01. The van der Waals surface area contributed by atoms with E-state index in [1.807, 2.05) is 31.4 Å².